The summed E-state index contributed by atoms with van der Waals surface area (Å²) in [4.78, 5) is 0. The lowest BCUT2D eigenvalue weighted by atomic mass is 9.82. The Balaban J connectivity index is 3.35. The molecule has 0 bridgehead atoms. The summed E-state index contributed by atoms with van der Waals surface area (Å²) in [7, 11) is 1.60. The molecule has 1 rings (SSSR count). The minimum absolute atomic E-state index is 0.0432. The summed E-state index contributed by atoms with van der Waals surface area (Å²) in [5.74, 6) is 0.684. The molecule has 0 aliphatic rings. The molecule has 4 N–H and O–H groups in total. The first-order valence-electron chi connectivity index (χ1n) is 6.96. The molecule has 0 radical (unpaired) electrons. The van der Waals surface area contributed by atoms with E-state index >= 15 is 0 Å². The van der Waals surface area contributed by atoms with Crippen molar-refractivity contribution >= 4 is 0 Å². The zero-order valence-corrected chi connectivity index (χ0v) is 13.1. The van der Waals surface area contributed by atoms with Crippen molar-refractivity contribution in [2.24, 2.45) is 5.73 Å². The maximum absolute atomic E-state index is 10.4. The third-order valence-corrected chi connectivity index (χ3v) is 3.46. The number of rotatable bonds is 5. The second-order valence-corrected chi connectivity index (χ2v) is 6.31. The number of benzene rings is 1. The normalized spacial score (nSPS) is 15.0. The minimum atomic E-state index is -0.849. The van der Waals surface area contributed by atoms with Gasteiger partial charge in [0.1, 0.15) is 5.75 Å². The SMILES string of the molecule is COc1c(C(O)C(N)CCO)cc(C)cc1C(C)(C)C. The fraction of sp³-hybridized carbons (Fsp3) is 0.625. The molecular formula is C16H27NO3. The Morgan fingerprint density at radius 2 is 1.90 bits per heavy atom. The summed E-state index contributed by atoms with van der Waals surface area (Å²) in [6, 6.07) is 3.46. The molecule has 1 aromatic rings. The molecule has 0 saturated heterocycles. The molecule has 1 aromatic carbocycles. The van der Waals surface area contributed by atoms with Gasteiger partial charge in [-0.15, -0.1) is 0 Å². The average Bonchev–Trinajstić information content (AvgIpc) is 2.36. The number of nitrogens with two attached hydrogens (primary N) is 1. The molecule has 0 heterocycles. The van der Waals surface area contributed by atoms with E-state index in [4.69, 9.17) is 15.6 Å². The van der Waals surface area contributed by atoms with Crippen molar-refractivity contribution in [3.63, 3.8) is 0 Å². The van der Waals surface area contributed by atoms with Gasteiger partial charge < -0.3 is 20.7 Å². The smallest absolute Gasteiger partial charge is 0.128 e. The summed E-state index contributed by atoms with van der Waals surface area (Å²) in [5.41, 5.74) is 8.63. The van der Waals surface area contributed by atoms with Crippen LogP contribution >= 0.6 is 0 Å². The largest absolute Gasteiger partial charge is 0.496 e. The van der Waals surface area contributed by atoms with Crippen molar-refractivity contribution in [2.45, 2.75) is 51.7 Å². The predicted molar refractivity (Wildman–Crippen MR) is 81.1 cm³/mol. The quantitative estimate of drug-likeness (QED) is 0.772. The number of hydrogen-bond acceptors (Lipinski definition) is 4. The zero-order chi connectivity index (χ0) is 15.5. The Morgan fingerprint density at radius 3 is 2.35 bits per heavy atom. The van der Waals surface area contributed by atoms with Crippen LogP contribution in [0.2, 0.25) is 0 Å². The highest BCUT2D eigenvalue weighted by Crippen LogP contribution is 2.38. The van der Waals surface area contributed by atoms with Gasteiger partial charge in [0.2, 0.25) is 0 Å². The van der Waals surface area contributed by atoms with Crippen molar-refractivity contribution in [1.82, 2.24) is 0 Å². The second-order valence-electron chi connectivity index (χ2n) is 6.31. The van der Waals surface area contributed by atoms with Crippen LogP contribution in [-0.2, 0) is 5.41 Å². The van der Waals surface area contributed by atoms with E-state index in [0.717, 1.165) is 11.1 Å². The molecule has 0 aliphatic heterocycles. The number of hydrogen-bond donors (Lipinski definition) is 3. The zero-order valence-electron chi connectivity index (χ0n) is 13.1. The Bertz CT molecular complexity index is 452. The number of aliphatic hydroxyl groups excluding tert-OH is 2. The van der Waals surface area contributed by atoms with Gasteiger partial charge in [-0.1, -0.05) is 32.4 Å². The number of aliphatic hydroxyl groups is 2. The molecule has 2 atom stereocenters. The maximum Gasteiger partial charge on any atom is 0.128 e. The fourth-order valence-electron chi connectivity index (χ4n) is 2.34. The van der Waals surface area contributed by atoms with Crippen LogP contribution in [0.1, 0.15) is 50.0 Å². The van der Waals surface area contributed by atoms with Crippen molar-refractivity contribution in [2.75, 3.05) is 13.7 Å². The molecule has 20 heavy (non-hydrogen) atoms. The van der Waals surface area contributed by atoms with Crippen LogP contribution in [0.15, 0.2) is 12.1 Å². The van der Waals surface area contributed by atoms with E-state index in [9.17, 15) is 5.11 Å². The Morgan fingerprint density at radius 1 is 1.30 bits per heavy atom. The summed E-state index contributed by atoms with van der Waals surface area (Å²) < 4.78 is 5.53. The van der Waals surface area contributed by atoms with Crippen molar-refractivity contribution in [3.05, 3.63) is 28.8 Å². The molecule has 0 saturated carbocycles. The van der Waals surface area contributed by atoms with E-state index in [1.165, 1.54) is 0 Å². The fourth-order valence-corrected chi connectivity index (χ4v) is 2.34. The van der Waals surface area contributed by atoms with Gasteiger partial charge >= 0.3 is 0 Å². The van der Waals surface area contributed by atoms with E-state index in [1.807, 2.05) is 13.0 Å². The van der Waals surface area contributed by atoms with E-state index in [2.05, 4.69) is 26.8 Å². The Labute approximate surface area is 121 Å². The molecule has 0 aromatic heterocycles. The van der Waals surface area contributed by atoms with Crippen LogP contribution in [0.3, 0.4) is 0 Å². The van der Waals surface area contributed by atoms with E-state index < -0.39 is 12.1 Å². The number of aryl methyl sites for hydroxylation is 1. The molecule has 2 unspecified atom stereocenters. The van der Waals surface area contributed by atoms with Gasteiger partial charge in [0.25, 0.3) is 0 Å². The summed E-state index contributed by atoms with van der Waals surface area (Å²) >= 11 is 0. The first kappa shape index (κ1) is 17.0. The summed E-state index contributed by atoms with van der Waals surface area (Å²) in [6.45, 7) is 8.26. The van der Waals surface area contributed by atoms with Crippen LogP contribution in [-0.4, -0.2) is 30.0 Å². The molecule has 0 aliphatic carbocycles. The first-order chi connectivity index (χ1) is 9.22. The van der Waals surface area contributed by atoms with Crippen LogP contribution in [0.4, 0.5) is 0 Å². The van der Waals surface area contributed by atoms with Gasteiger partial charge in [0, 0.05) is 23.8 Å². The highest BCUT2D eigenvalue weighted by molar-refractivity contribution is 5.49. The average molecular weight is 281 g/mol. The highest BCUT2D eigenvalue weighted by Gasteiger charge is 2.27. The lowest BCUT2D eigenvalue weighted by Crippen LogP contribution is -2.30. The summed E-state index contributed by atoms with van der Waals surface area (Å²) in [5, 5.41) is 19.4. The van der Waals surface area contributed by atoms with Crippen LogP contribution < -0.4 is 10.5 Å². The Kier molecular flexibility index (Phi) is 5.57. The van der Waals surface area contributed by atoms with Crippen molar-refractivity contribution in [3.8, 4) is 5.75 Å². The molecule has 0 amide bonds. The Hall–Kier alpha value is -1.10. The van der Waals surface area contributed by atoms with Gasteiger partial charge in [0.15, 0.2) is 0 Å². The monoisotopic (exact) mass is 281 g/mol. The van der Waals surface area contributed by atoms with Gasteiger partial charge in [-0.2, -0.15) is 0 Å². The number of methoxy groups -OCH3 is 1. The van der Waals surface area contributed by atoms with Gasteiger partial charge in [-0.3, -0.25) is 0 Å². The third-order valence-electron chi connectivity index (χ3n) is 3.46. The lowest BCUT2D eigenvalue weighted by molar-refractivity contribution is 0.126. The second kappa shape index (κ2) is 6.57. The standard InChI is InChI=1S/C16H27NO3/c1-10-8-11(14(19)13(17)6-7-18)15(20-5)12(9-10)16(2,3)4/h8-9,13-14,18-19H,6-7,17H2,1-5H3. The lowest BCUT2D eigenvalue weighted by Gasteiger charge is -2.28. The topological polar surface area (TPSA) is 75.7 Å². The highest BCUT2D eigenvalue weighted by atomic mass is 16.5. The summed E-state index contributed by atoms with van der Waals surface area (Å²) in [6.07, 6.45) is -0.499. The third kappa shape index (κ3) is 3.72. The molecular weight excluding hydrogens is 254 g/mol. The van der Waals surface area contributed by atoms with E-state index in [-0.39, 0.29) is 12.0 Å². The van der Waals surface area contributed by atoms with Gasteiger partial charge in [-0.25, -0.2) is 0 Å². The van der Waals surface area contributed by atoms with Crippen LogP contribution in [0.5, 0.6) is 5.75 Å². The van der Waals surface area contributed by atoms with Crippen LogP contribution in [0.25, 0.3) is 0 Å². The van der Waals surface area contributed by atoms with Gasteiger partial charge in [0.05, 0.1) is 13.2 Å². The maximum atomic E-state index is 10.4. The van der Waals surface area contributed by atoms with Crippen molar-refractivity contribution in [1.29, 1.82) is 0 Å². The molecule has 4 heteroatoms. The molecule has 114 valence electrons. The van der Waals surface area contributed by atoms with E-state index in [0.29, 0.717) is 17.7 Å². The number of ether oxygens (including phenoxy) is 1. The molecule has 0 fully saturated rings. The molecule has 0 spiro atoms. The van der Waals surface area contributed by atoms with E-state index in [1.54, 1.807) is 7.11 Å². The molecule has 4 nitrogen and oxygen atoms in total. The predicted octanol–water partition coefficient (Wildman–Crippen LogP) is 2.04. The van der Waals surface area contributed by atoms with Crippen molar-refractivity contribution < 1.29 is 14.9 Å². The minimum Gasteiger partial charge on any atom is -0.496 e. The first-order valence-corrected chi connectivity index (χ1v) is 6.96. The van der Waals surface area contributed by atoms with Crippen LogP contribution in [0, 0.1) is 6.92 Å². The van der Waals surface area contributed by atoms with Gasteiger partial charge in [-0.05, 0) is 24.8 Å².